The zero-order valence-corrected chi connectivity index (χ0v) is 17.9. The molecular formula is C23H29N3O5. The van der Waals surface area contributed by atoms with Crippen LogP contribution in [0.5, 0.6) is 0 Å². The number of carbonyl (C=O) groups excluding carboxylic acids is 4. The van der Waals surface area contributed by atoms with Gasteiger partial charge >= 0.3 is 5.97 Å². The third-order valence-corrected chi connectivity index (χ3v) is 6.50. The summed E-state index contributed by atoms with van der Waals surface area (Å²) < 4.78 is 4.97. The number of hydrogen-bond acceptors (Lipinski definition) is 6. The molecule has 0 bridgehead atoms. The first-order valence-electron chi connectivity index (χ1n) is 11.2. The van der Waals surface area contributed by atoms with Crippen molar-refractivity contribution >= 4 is 29.4 Å². The molecule has 3 aliphatic heterocycles. The minimum absolute atomic E-state index is 0.0214. The summed E-state index contributed by atoms with van der Waals surface area (Å²) in [6.07, 6.45) is 3.76. The highest BCUT2D eigenvalue weighted by atomic mass is 16.5. The summed E-state index contributed by atoms with van der Waals surface area (Å²) in [4.78, 5) is 55.4. The van der Waals surface area contributed by atoms with Crippen LogP contribution in [-0.2, 0) is 19.1 Å². The molecule has 0 aromatic heterocycles. The van der Waals surface area contributed by atoms with Crippen molar-refractivity contribution in [3.05, 3.63) is 29.8 Å². The molecule has 3 aliphatic rings. The highest BCUT2D eigenvalue weighted by molar-refractivity contribution is 6.22. The van der Waals surface area contributed by atoms with Crippen LogP contribution in [0.4, 0.5) is 5.69 Å². The van der Waals surface area contributed by atoms with E-state index in [1.165, 1.54) is 4.90 Å². The minimum Gasteiger partial charge on any atom is -0.462 e. The molecule has 1 unspecified atom stereocenters. The molecule has 4 rings (SSSR count). The van der Waals surface area contributed by atoms with E-state index in [1.54, 1.807) is 31.2 Å². The summed E-state index contributed by atoms with van der Waals surface area (Å²) in [6, 6.07) is 5.85. The number of hydrogen-bond donors (Lipinski definition) is 0. The first-order chi connectivity index (χ1) is 15.0. The number of benzene rings is 1. The van der Waals surface area contributed by atoms with E-state index in [4.69, 9.17) is 4.74 Å². The zero-order valence-electron chi connectivity index (χ0n) is 17.9. The lowest BCUT2D eigenvalue weighted by Crippen LogP contribution is -2.48. The van der Waals surface area contributed by atoms with Crippen LogP contribution in [-0.4, -0.2) is 72.3 Å². The maximum Gasteiger partial charge on any atom is 0.338 e. The molecule has 3 heterocycles. The Morgan fingerprint density at radius 3 is 2.26 bits per heavy atom. The van der Waals surface area contributed by atoms with Crippen molar-refractivity contribution in [3.63, 3.8) is 0 Å². The van der Waals surface area contributed by atoms with E-state index < -0.39 is 12.0 Å². The average Bonchev–Trinajstić information content (AvgIpc) is 3.42. The van der Waals surface area contributed by atoms with Gasteiger partial charge in [0.25, 0.3) is 5.91 Å². The monoisotopic (exact) mass is 427 g/mol. The number of amides is 3. The van der Waals surface area contributed by atoms with Gasteiger partial charge in [-0.2, -0.15) is 0 Å². The van der Waals surface area contributed by atoms with Gasteiger partial charge in [-0.25, -0.2) is 9.69 Å². The predicted octanol–water partition coefficient (Wildman–Crippen LogP) is 1.83. The highest BCUT2D eigenvalue weighted by Crippen LogP contribution is 2.30. The van der Waals surface area contributed by atoms with Crippen molar-refractivity contribution in [2.75, 3.05) is 37.7 Å². The molecule has 166 valence electrons. The predicted molar refractivity (Wildman–Crippen MR) is 113 cm³/mol. The van der Waals surface area contributed by atoms with Gasteiger partial charge in [-0.3, -0.25) is 19.3 Å². The molecule has 0 saturated carbocycles. The Kier molecular flexibility index (Phi) is 6.36. The van der Waals surface area contributed by atoms with Gasteiger partial charge in [0.2, 0.25) is 11.8 Å². The maximum atomic E-state index is 13.1. The lowest BCUT2D eigenvalue weighted by atomic mass is 9.94. The van der Waals surface area contributed by atoms with Crippen LogP contribution in [0.3, 0.4) is 0 Å². The lowest BCUT2D eigenvalue weighted by Gasteiger charge is -2.35. The minimum atomic E-state index is -0.486. The fourth-order valence-corrected chi connectivity index (χ4v) is 4.79. The Morgan fingerprint density at radius 2 is 1.65 bits per heavy atom. The lowest BCUT2D eigenvalue weighted by molar-refractivity contribution is -0.136. The van der Waals surface area contributed by atoms with E-state index in [1.807, 2.05) is 9.80 Å². The van der Waals surface area contributed by atoms with Crippen molar-refractivity contribution in [1.82, 2.24) is 9.80 Å². The van der Waals surface area contributed by atoms with Crippen LogP contribution in [0.15, 0.2) is 24.3 Å². The molecule has 8 heteroatoms. The molecule has 0 aliphatic carbocycles. The Bertz CT molecular complexity index is 854. The molecule has 3 saturated heterocycles. The molecule has 3 fully saturated rings. The number of carbonyl (C=O) groups is 4. The van der Waals surface area contributed by atoms with Gasteiger partial charge < -0.3 is 9.64 Å². The largest absolute Gasteiger partial charge is 0.462 e. The van der Waals surface area contributed by atoms with Crippen molar-refractivity contribution in [1.29, 1.82) is 0 Å². The van der Waals surface area contributed by atoms with Crippen LogP contribution in [0.25, 0.3) is 0 Å². The van der Waals surface area contributed by atoms with E-state index in [9.17, 15) is 19.2 Å². The van der Waals surface area contributed by atoms with E-state index in [-0.39, 0.29) is 36.7 Å². The van der Waals surface area contributed by atoms with Gasteiger partial charge in [-0.1, -0.05) is 0 Å². The second-order valence-electron chi connectivity index (χ2n) is 8.40. The van der Waals surface area contributed by atoms with E-state index in [2.05, 4.69) is 0 Å². The van der Waals surface area contributed by atoms with Crippen LogP contribution >= 0.6 is 0 Å². The molecule has 8 nitrogen and oxygen atoms in total. The molecule has 0 spiro atoms. The standard InChI is InChI=1S/C23H29N3O5/c1-2-31-23(30)17-5-7-18(8-6-17)26-20(27)15-19(22(26)29)24-13-9-16(10-14-24)21(28)25-11-3-4-12-25/h5-8,16,19H,2-4,9-15H2,1H3. The van der Waals surface area contributed by atoms with Gasteiger partial charge in [0.1, 0.15) is 0 Å². The van der Waals surface area contributed by atoms with Crippen molar-refractivity contribution in [2.45, 2.75) is 45.1 Å². The maximum absolute atomic E-state index is 13.1. The topological polar surface area (TPSA) is 87.2 Å². The summed E-state index contributed by atoms with van der Waals surface area (Å²) >= 11 is 0. The highest BCUT2D eigenvalue weighted by Gasteiger charge is 2.44. The number of nitrogens with zero attached hydrogens (tertiary/aromatic N) is 3. The summed E-state index contributed by atoms with van der Waals surface area (Å²) in [5.74, 6) is -0.646. The van der Waals surface area contributed by atoms with E-state index in [0.29, 0.717) is 24.3 Å². The molecule has 0 radical (unpaired) electrons. The quantitative estimate of drug-likeness (QED) is 0.526. The van der Waals surface area contributed by atoms with Crippen LogP contribution in [0.2, 0.25) is 0 Å². The van der Waals surface area contributed by atoms with E-state index in [0.717, 1.165) is 38.8 Å². The fourth-order valence-electron chi connectivity index (χ4n) is 4.79. The Balaban J connectivity index is 1.37. The third-order valence-electron chi connectivity index (χ3n) is 6.50. The Morgan fingerprint density at radius 1 is 1.00 bits per heavy atom. The summed E-state index contributed by atoms with van der Waals surface area (Å²) in [5, 5.41) is 0. The van der Waals surface area contributed by atoms with Gasteiger partial charge in [-0.05, 0) is 70.0 Å². The molecule has 1 atom stereocenters. The van der Waals surface area contributed by atoms with Gasteiger partial charge in [0, 0.05) is 19.0 Å². The van der Waals surface area contributed by atoms with Crippen molar-refractivity contribution in [2.24, 2.45) is 5.92 Å². The second kappa shape index (κ2) is 9.18. The molecule has 1 aromatic rings. The molecule has 0 N–H and O–H groups in total. The van der Waals surface area contributed by atoms with Gasteiger partial charge in [0.15, 0.2) is 0 Å². The smallest absolute Gasteiger partial charge is 0.338 e. The van der Waals surface area contributed by atoms with Crippen LogP contribution in [0, 0.1) is 5.92 Å². The van der Waals surface area contributed by atoms with Gasteiger partial charge in [-0.15, -0.1) is 0 Å². The first kappa shape index (κ1) is 21.5. The number of esters is 1. The summed E-state index contributed by atoms with van der Waals surface area (Å²) in [6.45, 7) is 5.02. The molecule has 3 amide bonds. The number of imide groups is 1. The summed E-state index contributed by atoms with van der Waals surface area (Å²) in [7, 11) is 0. The number of likely N-dealkylation sites (tertiary alicyclic amines) is 2. The first-order valence-corrected chi connectivity index (χ1v) is 11.2. The average molecular weight is 428 g/mol. The number of rotatable bonds is 5. The normalized spacial score (nSPS) is 22.9. The number of anilines is 1. The SMILES string of the molecule is CCOC(=O)c1ccc(N2C(=O)CC(N3CCC(C(=O)N4CCCC4)CC3)C2=O)cc1. The Hall–Kier alpha value is -2.74. The molecule has 31 heavy (non-hydrogen) atoms. The number of ether oxygens (including phenoxy) is 1. The van der Waals surface area contributed by atoms with E-state index >= 15 is 0 Å². The second-order valence-corrected chi connectivity index (χ2v) is 8.40. The van der Waals surface area contributed by atoms with Crippen molar-refractivity contribution < 1.29 is 23.9 Å². The summed E-state index contributed by atoms with van der Waals surface area (Å²) in [5.41, 5.74) is 0.843. The van der Waals surface area contributed by atoms with Crippen molar-refractivity contribution in [3.8, 4) is 0 Å². The third kappa shape index (κ3) is 4.35. The zero-order chi connectivity index (χ0) is 22.0. The fraction of sp³-hybridized carbons (Fsp3) is 0.565. The Labute approximate surface area is 182 Å². The van der Waals surface area contributed by atoms with Crippen LogP contribution < -0.4 is 4.90 Å². The van der Waals surface area contributed by atoms with Crippen LogP contribution in [0.1, 0.15) is 49.4 Å². The molecule has 1 aromatic carbocycles. The van der Waals surface area contributed by atoms with Gasteiger partial charge in [0.05, 0.1) is 30.3 Å². The molecular weight excluding hydrogens is 398 g/mol. The number of piperidine rings is 1.